The Balaban J connectivity index is 1.57. The number of rotatable bonds is 7. The van der Waals surface area contributed by atoms with Gasteiger partial charge in [-0.1, -0.05) is 42.5 Å². The zero-order valence-electron chi connectivity index (χ0n) is 25.8. The molecule has 1 heterocycles. The molecule has 0 bridgehead atoms. The summed E-state index contributed by atoms with van der Waals surface area (Å²) < 4.78 is 27.1. The highest BCUT2D eigenvalue weighted by atomic mass is 16.7. The van der Waals surface area contributed by atoms with Crippen molar-refractivity contribution in [2.75, 3.05) is 0 Å². The molecule has 0 unspecified atom stereocenters. The van der Waals surface area contributed by atoms with E-state index in [4.69, 9.17) is 23.4 Å². The molecule has 45 heavy (non-hydrogen) atoms. The van der Waals surface area contributed by atoms with E-state index >= 15 is 0 Å². The first-order valence-corrected chi connectivity index (χ1v) is 14.1. The average Bonchev–Trinajstić information content (AvgIpc) is 2.91. The lowest BCUT2D eigenvalue weighted by atomic mass is 10.1. The number of phenolic OH excluding ortho intramolecular Hbond substituents is 1. The summed E-state index contributed by atoms with van der Waals surface area (Å²) in [5.41, 5.74) is -0.811. The van der Waals surface area contributed by atoms with E-state index in [9.17, 15) is 24.3 Å². The molecule has 0 aliphatic heterocycles. The number of aromatic hydroxyl groups is 1. The number of carbonyl (C=O) groups is 3. The van der Waals surface area contributed by atoms with Crippen LogP contribution in [0, 0.1) is 0 Å². The molecule has 4 aromatic rings. The summed E-state index contributed by atoms with van der Waals surface area (Å²) >= 11 is 0. The highest BCUT2D eigenvalue weighted by molar-refractivity contribution is 5.88. The molecule has 0 aliphatic rings. The summed E-state index contributed by atoms with van der Waals surface area (Å²) in [7, 11) is 0. The van der Waals surface area contributed by atoms with Crippen LogP contribution < -0.4 is 20.2 Å². The van der Waals surface area contributed by atoms with E-state index < -0.39 is 46.6 Å². The highest BCUT2D eigenvalue weighted by Crippen LogP contribution is 2.31. The Morgan fingerprint density at radius 1 is 0.822 bits per heavy atom. The zero-order valence-corrected chi connectivity index (χ0v) is 25.8. The molecular formula is C34H35NO10. The van der Waals surface area contributed by atoms with Crippen LogP contribution in [0.2, 0.25) is 0 Å². The number of amides is 1. The van der Waals surface area contributed by atoms with Gasteiger partial charge in [0.05, 0.1) is 0 Å². The van der Waals surface area contributed by atoms with Gasteiger partial charge in [-0.05, 0) is 59.2 Å². The van der Waals surface area contributed by atoms with E-state index in [1.165, 1.54) is 24.3 Å². The molecule has 236 valence electrons. The molecule has 0 saturated carbocycles. The third kappa shape index (κ3) is 9.33. The number of esters is 1. The topological polar surface area (TPSA) is 151 Å². The van der Waals surface area contributed by atoms with Crippen molar-refractivity contribution in [3.05, 3.63) is 88.6 Å². The number of ether oxygens (including phenoxy) is 4. The van der Waals surface area contributed by atoms with Gasteiger partial charge in [0.15, 0.2) is 5.43 Å². The number of alkyl carbamates (subject to hydrolysis) is 1. The van der Waals surface area contributed by atoms with E-state index in [2.05, 4.69) is 5.32 Å². The summed E-state index contributed by atoms with van der Waals surface area (Å²) in [6.45, 7) is 10.2. The second-order valence-corrected chi connectivity index (χ2v) is 12.2. The normalized spacial score (nSPS) is 12.2. The number of hydrogen-bond acceptors (Lipinski definition) is 10. The van der Waals surface area contributed by atoms with Gasteiger partial charge >= 0.3 is 18.2 Å². The van der Waals surface area contributed by atoms with Crippen molar-refractivity contribution in [1.82, 2.24) is 5.32 Å². The van der Waals surface area contributed by atoms with Crippen molar-refractivity contribution >= 4 is 29.2 Å². The molecule has 3 aromatic carbocycles. The number of fused-ring (bicyclic) bond motifs is 1. The van der Waals surface area contributed by atoms with Crippen LogP contribution in [0.4, 0.5) is 9.59 Å². The van der Waals surface area contributed by atoms with Gasteiger partial charge in [-0.3, -0.25) is 4.79 Å². The van der Waals surface area contributed by atoms with E-state index in [1.54, 1.807) is 77.9 Å². The second kappa shape index (κ2) is 13.1. The third-order valence-corrected chi connectivity index (χ3v) is 5.99. The lowest BCUT2D eigenvalue weighted by molar-refractivity contribution is -0.136. The van der Waals surface area contributed by atoms with Gasteiger partial charge in [-0.2, -0.15) is 0 Å². The number of hydrogen-bond donors (Lipinski definition) is 2. The Labute approximate surface area is 259 Å². The smallest absolute Gasteiger partial charge is 0.507 e. The van der Waals surface area contributed by atoms with Crippen molar-refractivity contribution in [1.29, 1.82) is 0 Å². The fraction of sp³-hybridized carbons (Fsp3) is 0.294. The molecule has 4 rings (SSSR count). The van der Waals surface area contributed by atoms with Gasteiger partial charge in [0.2, 0.25) is 0 Å². The molecule has 0 saturated heterocycles. The predicted octanol–water partition coefficient (Wildman–Crippen LogP) is 6.52. The molecule has 0 aliphatic carbocycles. The highest BCUT2D eigenvalue weighted by Gasteiger charge is 2.27. The van der Waals surface area contributed by atoms with Crippen LogP contribution in [-0.4, -0.2) is 40.6 Å². The minimum absolute atomic E-state index is 0.00128. The number of phenols is 1. The largest absolute Gasteiger partial charge is 0.514 e. The number of benzene rings is 3. The lowest BCUT2D eigenvalue weighted by Crippen LogP contribution is -2.46. The van der Waals surface area contributed by atoms with Crippen molar-refractivity contribution < 1.29 is 42.9 Å². The quantitative estimate of drug-likeness (QED) is 0.133. The SMILES string of the molecule is CC(C)(C)OC(=O)N[C@@H](Cc1ccc(OC(=O)OC(C)(C)C)cc1)C(=O)Oc1cc(O)c2c(=O)cc(-c3ccccc3)oc2c1. The van der Waals surface area contributed by atoms with E-state index in [1.807, 2.05) is 6.07 Å². The molecule has 0 radical (unpaired) electrons. The molecule has 0 fully saturated rings. The van der Waals surface area contributed by atoms with Crippen LogP contribution in [0.25, 0.3) is 22.3 Å². The zero-order chi connectivity index (χ0) is 32.9. The standard InChI is InChI=1S/C34H35NO10/c1-33(2,3)44-31(39)35-24(16-20-12-14-22(15-13-20)42-32(40)45-34(4,5)6)30(38)41-23-17-25(36)29-26(37)19-27(43-28(29)18-23)21-10-8-7-9-11-21/h7-15,17-19,24,36H,16H2,1-6H3,(H,35,39)/t24-/m0/s1. The summed E-state index contributed by atoms with van der Waals surface area (Å²) in [4.78, 5) is 50.8. The van der Waals surface area contributed by atoms with Crippen LogP contribution in [0.1, 0.15) is 47.1 Å². The van der Waals surface area contributed by atoms with E-state index in [0.29, 0.717) is 11.1 Å². The van der Waals surface area contributed by atoms with Gasteiger partial charge in [-0.25, -0.2) is 14.4 Å². The van der Waals surface area contributed by atoms with Crippen LogP contribution in [-0.2, 0) is 20.7 Å². The van der Waals surface area contributed by atoms with Gasteiger partial charge in [0, 0.05) is 30.2 Å². The van der Waals surface area contributed by atoms with Crippen molar-refractivity contribution in [3.63, 3.8) is 0 Å². The molecule has 2 N–H and O–H groups in total. The Morgan fingerprint density at radius 3 is 2.09 bits per heavy atom. The summed E-state index contributed by atoms with van der Waals surface area (Å²) in [6, 6.07) is 17.6. The maximum atomic E-state index is 13.4. The fourth-order valence-electron chi connectivity index (χ4n) is 4.17. The predicted molar refractivity (Wildman–Crippen MR) is 165 cm³/mol. The van der Waals surface area contributed by atoms with Gasteiger partial charge in [0.1, 0.15) is 51.2 Å². The minimum Gasteiger partial charge on any atom is -0.507 e. The maximum absolute atomic E-state index is 13.4. The van der Waals surface area contributed by atoms with Crippen LogP contribution in [0.3, 0.4) is 0 Å². The molecule has 1 amide bonds. The maximum Gasteiger partial charge on any atom is 0.514 e. The summed E-state index contributed by atoms with van der Waals surface area (Å²) in [6.07, 6.45) is -1.75. The summed E-state index contributed by atoms with van der Waals surface area (Å²) in [5.74, 6) is -0.957. The van der Waals surface area contributed by atoms with Gasteiger partial charge < -0.3 is 33.8 Å². The first-order valence-electron chi connectivity index (χ1n) is 14.1. The fourth-order valence-corrected chi connectivity index (χ4v) is 4.17. The Morgan fingerprint density at radius 2 is 1.47 bits per heavy atom. The average molecular weight is 618 g/mol. The van der Waals surface area contributed by atoms with E-state index in [0.717, 1.165) is 6.07 Å². The number of carbonyl (C=O) groups excluding carboxylic acids is 3. The summed E-state index contributed by atoms with van der Waals surface area (Å²) in [5, 5.41) is 13.1. The van der Waals surface area contributed by atoms with Gasteiger partial charge in [0.25, 0.3) is 0 Å². The minimum atomic E-state index is -1.24. The number of nitrogens with one attached hydrogen (secondary N) is 1. The lowest BCUT2D eigenvalue weighted by Gasteiger charge is -2.23. The van der Waals surface area contributed by atoms with Crippen molar-refractivity contribution in [2.45, 2.75) is 65.2 Å². The Bertz CT molecular complexity index is 1750. The molecule has 1 aromatic heterocycles. The van der Waals surface area contributed by atoms with Crippen LogP contribution >= 0.6 is 0 Å². The van der Waals surface area contributed by atoms with Crippen LogP contribution in [0.15, 0.2) is 82.0 Å². The molecule has 0 spiro atoms. The molecule has 1 atom stereocenters. The molecule has 11 nitrogen and oxygen atoms in total. The van der Waals surface area contributed by atoms with Crippen molar-refractivity contribution in [3.8, 4) is 28.6 Å². The second-order valence-electron chi connectivity index (χ2n) is 12.2. The van der Waals surface area contributed by atoms with E-state index in [-0.39, 0.29) is 34.6 Å². The Hall–Kier alpha value is -5.32. The first-order chi connectivity index (χ1) is 21.1. The van der Waals surface area contributed by atoms with Gasteiger partial charge in [-0.15, -0.1) is 0 Å². The van der Waals surface area contributed by atoms with Crippen molar-refractivity contribution in [2.24, 2.45) is 0 Å². The molecular weight excluding hydrogens is 582 g/mol. The van der Waals surface area contributed by atoms with Crippen LogP contribution in [0.5, 0.6) is 17.2 Å². The third-order valence-electron chi connectivity index (χ3n) is 5.99. The molecule has 11 heteroatoms. The first kappa shape index (κ1) is 32.6. The monoisotopic (exact) mass is 617 g/mol. The Kier molecular flexibility index (Phi) is 9.51.